The van der Waals surface area contributed by atoms with Gasteiger partial charge in [-0.15, -0.1) is 0 Å². The number of rotatable bonds is 3. The minimum Gasteiger partial charge on any atom is -0.372 e. The average molecular weight is 261 g/mol. The smallest absolute Gasteiger partial charge is 0.257 e. The van der Waals surface area contributed by atoms with Crippen LogP contribution in [0, 0.1) is 5.92 Å². The van der Waals surface area contributed by atoms with E-state index in [-0.39, 0.29) is 5.91 Å². The van der Waals surface area contributed by atoms with Gasteiger partial charge in [0.1, 0.15) is 5.82 Å². The van der Waals surface area contributed by atoms with Gasteiger partial charge in [0.15, 0.2) is 0 Å². The number of hydrogen-bond acceptors (Lipinski definition) is 3. The van der Waals surface area contributed by atoms with Gasteiger partial charge >= 0.3 is 0 Å². The summed E-state index contributed by atoms with van der Waals surface area (Å²) in [5.41, 5.74) is 0.658. The van der Waals surface area contributed by atoms with Crippen molar-refractivity contribution in [3.05, 3.63) is 23.9 Å². The highest BCUT2D eigenvalue weighted by atomic mass is 16.2. The lowest BCUT2D eigenvalue weighted by Crippen LogP contribution is -2.39. The van der Waals surface area contributed by atoms with Crippen LogP contribution in [0.2, 0.25) is 0 Å². The molecular formula is C15H23N3O. The molecule has 1 saturated carbocycles. The molecule has 1 aromatic rings. The molecule has 1 fully saturated rings. The molecule has 4 heteroatoms. The van der Waals surface area contributed by atoms with Crippen LogP contribution in [0.3, 0.4) is 0 Å². The quantitative estimate of drug-likeness (QED) is 0.910. The summed E-state index contributed by atoms with van der Waals surface area (Å²) in [6, 6.07) is 4.02. The van der Waals surface area contributed by atoms with Crippen molar-refractivity contribution >= 4 is 11.7 Å². The van der Waals surface area contributed by atoms with Crippen LogP contribution in [0.1, 0.15) is 43.0 Å². The molecule has 0 saturated heterocycles. The van der Waals surface area contributed by atoms with Crippen molar-refractivity contribution in [1.82, 2.24) is 9.88 Å². The van der Waals surface area contributed by atoms with Crippen molar-refractivity contribution in [3.63, 3.8) is 0 Å². The van der Waals surface area contributed by atoms with Gasteiger partial charge in [-0.05, 0) is 43.7 Å². The highest BCUT2D eigenvalue weighted by molar-refractivity contribution is 5.98. The Morgan fingerprint density at radius 3 is 2.68 bits per heavy atom. The summed E-state index contributed by atoms with van der Waals surface area (Å²) < 4.78 is 0. The normalized spacial score (nSPS) is 22.9. The Balaban J connectivity index is 2.10. The number of hydrogen-bond donors (Lipinski definition) is 1. The third-order valence-corrected chi connectivity index (χ3v) is 4.13. The number of nitrogens with zero attached hydrogens (tertiary/aromatic N) is 2. The van der Waals surface area contributed by atoms with Crippen molar-refractivity contribution in [2.45, 2.75) is 38.6 Å². The summed E-state index contributed by atoms with van der Waals surface area (Å²) in [6.07, 6.45) is 6.35. The van der Waals surface area contributed by atoms with E-state index < -0.39 is 0 Å². The van der Waals surface area contributed by atoms with Crippen LogP contribution in [-0.4, -0.2) is 35.9 Å². The molecule has 0 spiro atoms. The molecule has 1 N–H and O–H groups in total. The van der Waals surface area contributed by atoms with Crippen LogP contribution in [-0.2, 0) is 0 Å². The maximum atomic E-state index is 12.6. The second-order valence-corrected chi connectivity index (χ2v) is 5.48. The van der Waals surface area contributed by atoms with Crippen LogP contribution >= 0.6 is 0 Å². The summed E-state index contributed by atoms with van der Waals surface area (Å²) in [5, 5.41) is 2.98. The van der Waals surface area contributed by atoms with Gasteiger partial charge in [-0.1, -0.05) is 6.92 Å². The standard InChI is InChI=1S/C15H23N3O/c1-11-6-8-12(9-7-11)18(3)15(19)13-5-4-10-17-14(13)16-2/h4-5,10-12H,6-9H2,1-3H3,(H,16,17). The van der Waals surface area contributed by atoms with Crippen molar-refractivity contribution in [2.24, 2.45) is 5.92 Å². The number of amides is 1. The molecule has 104 valence electrons. The van der Waals surface area contributed by atoms with E-state index in [1.807, 2.05) is 24.1 Å². The van der Waals surface area contributed by atoms with Gasteiger partial charge in [-0.3, -0.25) is 4.79 Å². The Bertz CT molecular complexity index is 439. The largest absolute Gasteiger partial charge is 0.372 e. The molecule has 0 aromatic carbocycles. The topological polar surface area (TPSA) is 45.2 Å². The summed E-state index contributed by atoms with van der Waals surface area (Å²) in [5.74, 6) is 1.52. The Morgan fingerprint density at radius 2 is 2.05 bits per heavy atom. The van der Waals surface area contributed by atoms with E-state index in [0.717, 1.165) is 18.8 Å². The van der Waals surface area contributed by atoms with Crippen molar-refractivity contribution in [3.8, 4) is 0 Å². The lowest BCUT2D eigenvalue weighted by atomic mass is 9.86. The maximum absolute atomic E-state index is 12.6. The van der Waals surface area contributed by atoms with Gasteiger partial charge in [0.05, 0.1) is 5.56 Å². The molecule has 1 aliphatic rings. The van der Waals surface area contributed by atoms with Gasteiger partial charge in [-0.2, -0.15) is 0 Å². The molecule has 4 nitrogen and oxygen atoms in total. The van der Waals surface area contributed by atoms with Gasteiger partial charge in [0, 0.05) is 26.3 Å². The van der Waals surface area contributed by atoms with Gasteiger partial charge in [-0.25, -0.2) is 4.98 Å². The van der Waals surface area contributed by atoms with Crippen LogP contribution in [0.4, 0.5) is 5.82 Å². The monoisotopic (exact) mass is 261 g/mol. The molecule has 0 bridgehead atoms. The molecule has 1 amide bonds. The van der Waals surface area contributed by atoms with Crippen molar-refractivity contribution in [1.29, 1.82) is 0 Å². The zero-order chi connectivity index (χ0) is 13.8. The van der Waals surface area contributed by atoms with Gasteiger partial charge in [0.25, 0.3) is 5.91 Å². The third kappa shape index (κ3) is 3.06. The van der Waals surface area contributed by atoms with E-state index in [1.54, 1.807) is 13.2 Å². The summed E-state index contributed by atoms with van der Waals surface area (Å²) in [7, 11) is 3.71. The van der Waals surface area contributed by atoms with Crippen LogP contribution in [0.25, 0.3) is 0 Å². The van der Waals surface area contributed by atoms with E-state index in [0.29, 0.717) is 17.4 Å². The van der Waals surface area contributed by atoms with E-state index >= 15 is 0 Å². The molecule has 0 unspecified atom stereocenters. The Hall–Kier alpha value is -1.58. The number of aromatic nitrogens is 1. The van der Waals surface area contributed by atoms with Gasteiger partial charge in [0.2, 0.25) is 0 Å². The third-order valence-electron chi connectivity index (χ3n) is 4.13. The predicted octanol–water partition coefficient (Wildman–Crippen LogP) is 2.77. The maximum Gasteiger partial charge on any atom is 0.257 e. The molecular weight excluding hydrogens is 238 g/mol. The van der Waals surface area contributed by atoms with Crippen LogP contribution in [0.15, 0.2) is 18.3 Å². The van der Waals surface area contributed by atoms with E-state index in [9.17, 15) is 4.79 Å². The van der Waals surface area contributed by atoms with Crippen molar-refractivity contribution in [2.75, 3.05) is 19.4 Å². The Morgan fingerprint density at radius 1 is 1.37 bits per heavy atom. The lowest BCUT2D eigenvalue weighted by molar-refractivity contribution is 0.0680. The molecule has 1 aliphatic carbocycles. The minimum absolute atomic E-state index is 0.0667. The highest BCUT2D eigenvalue weighted by Crippen LogP contribution is 2.27. The number of carbonyl (C=O) groups excluding carboxylic acids is 1. The number of anilines is 1. The number of nitrogens with one attached hydrogen (secondary N) is 1. The zero-order valence-corrected chi connectivity index (χ0v) is 12.0. The number of carbonyl (C=O) groups is 1. The zero-order valence-electron chi connectivity index (χ0n) is 12.0. The first kappa shape index (κ1) is 13.8. The fourth-order valence-corrected chi connectivity index (χ4v) is 2.76. The van der Waals surface area contributed by atoms with Crippen molar-refractivity contribution < 1.29 is 4.79 Å². The Kier molecular flexibility index (Phi) is 4.40. The van der Waals surface area contributed by atoms with E-state index in [4.69, 9.17) is 0 Å². The summed E-state index contributed by atoms with van der Waals surface area (Å²) in [6.45, 7) is 2.29. The molecule has 0 atom stereocenters. The Labute approximate surface area is 115 Å². The molecule has 0 radical (unpaired) electrons. The second kappa shape index (κ2) is 6.04. The van der Waals surface area contributed by atoms with E-state index in [1.165, 1.54) is 12.8 Å². The summed E-state index contributed by atoms with van der Waals surface area (Å²) >= 11 is 0. The minimum atomic E-state index is 0.0667. The molecule has 19 heavy (non-hydrogen) atoms. The second-order valence-electron chi connectivity index (χ2n) is 5.48. The average Bonchev–Trinajstić information content (AvgIpc) is 2.46. The number of pyridine rings is 1. The molecule has 0 aliphatic heterocycles. The SMILES string of the molecule is CNc1ncccc1C(=O)N(C)C1CCC(C)CC1. The van der Waals surface area contributed by atoms with E-state index in [2.05, 4.69) is 17.2 Å². The fraction of sp³-hybridized carbons (Fsp3) is 0.600. The first-order valence-corrected chi connectivity index (χ1v) is 7.03. The first-order valence-electron chi connectivity index (χ1n) is 7.03. The lowest BCUT2D eigenvalue weighted by Gasteiger charge is -2.33. The van der Waals surface area contributed by atoms with Crippen LogP contribution in [0.5, 0.6) is 0 Å². The predicted molar refractivity (Wildman–Crippen MR) is 77.3 cm³/mol. The van der Waals surface area contributed by atoms with Gasteiger partial charge < -0.3 is 10.2 Å². The fourth-order valence-electron chi connectivity index (χ4n) is 2.76. The molecule has 1 aromatic heterocycles. The highest BCUT2D eigenvalue weighted by Gasteiger charge is 2.26. The first-order chi connectivity index (χ1) is 9.13. The van der Waals surface area contributed by atoms with Crippen LogP contribution < -0.4 is 5.32 Å². The summed E-state index contributed by atoms with van der Waals surface area (Å²) in [4.78, 5) is 18.6. The molecule has 2 rings (SSSR count). The molecule has 1 heterocycles.